The molecule has 1 aliphatic heterocycles. The fourth-order valence-corrected chi connectivity index (χ4v) is 2.93. The predicted molar refractivity (Wildman–Crippen MR) is 99.4 cm³/mol. The molecule has 0 radical (unpaired) electrons. The first kappa shape index (κ1) is 18.4. The lowest BCUT2D eigenvalue weighted by molar-refractivity contribution is -0.125. The van der Waals surface area contributed by atoms with Crippen LogP contribution in [0.2, 0.25) is 0 Å². The normalized spacial score (nSPS) is 13.4. The number of carbonyl (C=O) groups excluding carboxylic acids is 3. The number of benzene rings is 2. The molecule has 1 heterocycles. The Hall–Kier alpha value is -3.35. The second-order valence-corrected chi connectivity index (χ2v) is 6.16. The SMILES string of the molecule is COc1ccccc1CCNC(=O)c1cccc(CN2C(=O)CNC2=O)c1. The van der Waals surface area contributed by atoms with E-state index in [0.717, 1.165) is 21.8 Å². The summed E-state index contributed by atoms with van der Waals surface area (Å²) in [5, 5.41) is 5.36. The Labute approximate surface area is 157 Å². The van der Waals surface area contributed by atoms with Gasteiger partial charge in [-0.2, -0.15) is 0 Å². The van der Waals surface area contributed by atoms with Gasteiger partial charge in [-0.3, -0.25) is 14.5 Å². The summed E-state index contributed by atoms with van der Waals surface area (Å²) in [6.07, 6.45) is 0.651. The van der Waals surface area contributed by atoms with Gasteiger partial charge in [-0.05, 0) is 35.7 Å². The molecule has 2 N–H and O–H groups in total. The van der Waals surface area contributed by atoms with Gasteiger partial charge in [-0.15, -0.1) is 0 Å². The quantitative estimate of drug-likeness (QED) is 0.730. The molecule has 0 atom stereocenters. The largest absolute Gasteiger partial charge is 0.496 e. The molecule has 1 fully saturated rings. The molecule has 7 nitrogen and oxygen atoms in total. The van der Waals surface area contributed by atoms with Crippen molar-refractivity contribution in [3.8, 4) is 5.75 Å². The van der Waals surface area contributed by atoms with Gasteiger partial charge >= 0.3 is 6.03 Å². The first-order valence-electron chi connectivity index (χ1n) is 8.65. The van der Waals surface area contributed by atoms with E-state index < -0.39 is 6.03 Å². The van der Waals surface area contributed by atoms with Crippen LogP contribution in [0, 0.1) is 0 Å². The van der Waals surface area contributed by atoms with E-state index in [2.05, 4.69) is 10.6 Å². The van der Waals surface area contributed by atoms with Crippen molar-refractivity contribution in [1.29, 1.82) is 0 Å². The number of para-hydroxylation sites is 1. The molecule has 0 bridgehead atoms. The average Bonchev–Trinajstić information content (AvgIpc) is 3.00. The number of imide groups is 1. The third-order valence-electron chi connectivity index (χ3n) is 4.34. The van der Waals surface area contributed by atoms with E-state index in [1.807, 2.05) is 24.3 Å². The van der Waals surface area contributed by atoms with E-state index >= 15 is 0 Å². The Morgan fingerprint density at radius 3 is 2.74 bits per heavy atom. The van der Waals surface area contributed by atoms with Gasteiger partial charge in [-0.1, -0.05) is 30.3 Å². The minimum atomic E-state index is -0.410. The molecule has 0 aliphatic carbocycles. The van der Waals surface area contributed by atoms with Crippen molar-refractivity contribution in [2.45, 2.75) is 13.0 Å². The van der Waals surface area contributed by atoms with Gasteiger partial charge in [0.25, 0.3) is 5.91 Å². The van der Waals surface area contributed by atoms with Gasteiger partial charge in [0.15, 0.2) is 0 Å². The summed E-state index contributed by atoms with van der Waals surface area (Å²) >= 11 is 0. The van der Waals surface area contributed by atoms with Crippen molar-refractivity contribution in [3.63, 3.8) is 0 Å². The van der Waals surface area contributed by atoms with Crippen LogP contribution in [0.5, 0.6) is 5.75 Å². The lowest BCUT2D eigenvalue weighted by Gasteiger charge is -2.13. The van der Waals surface area contributed by atoms with Crippen LogP contribution in [0.25, 0.3) is 0 Å². The number of nitrogens with zero attached hydrogens (tertiary/aromatic N) is 1. The molecule has 27 heavy (non-hydrogen) atoms. The summed E-state index contributed by atoms with van der Waals surface area (Å²) < 4.78 is 5.31. The minimum absolute atomic E-state index is 0.0158. The molecule has 140 valence electrons. The van der Waals surface area contributed by atoms with Gasteiger partial charge in [-0.25, -0.2) is 4.79 Å². The van der Waals surface area contributed by atoms with E-state index in [9.17, 15) is 14.4 Å². The molecule has 7 heteroatoms. The van der Waals surface area contributed by atoms with Crippen molar-refractivity contribution in [1.82, 2.24) is 15.5 Å². The number of nitrogens with one attached hydrogen (secondary N) is 2. The molecule has 3 rings (SSSR count). The Balaban J connectivity index is 1.58. The molecule has 2 aromatic rings. The van der Waals surface area contributed by atoms with Crippen LogP contribution in [0.1, 0.15) is 21.5 Å². The maximum Gasteiger partial charge on any atom is 0.324 e. The summed E-state index contributed by atoms with van der Waals surface area (Å²) in [5.41, 5.74) is 2.23. The molecular formula is C20H21N3O4. The molecule has 1 aliphatic rings. The number of hydrogen-bond acceptors (Lipinski definition) is 4. The summed E-state index contributed by atoms with van der Waals surface area (Å²) in [4.78, 5) is 36.9. The van der Waals surface area contributed by atoms with E-state index in [-0.39, 0.29) is 24.9 Å². The van der Waals surface area contributed by atoms with Crippen molar-refractivity contribution in [2.75, 3.05) is 20.2 Å². The molecule has 0 aromatic heterocycles. The molecule has 4 amide bonds. The van der Waals surface area contributed by atoms with Gasteiger partial charge in [0.05, 0.1) is 20.2 Å². The van der Waals surface area contributed by atoms with Crippen molar-refractivity contribution >= 4 is 17.8 Å². The Morgan fingerprint density at radius 2 is 2.00 bits per heavy atom. The average molecular weight is 367 g/mol. The summed E-state index contributed by atoms with van der Waals surface area (Å²) in [7, 11) is 1.62. The fourth-order valence-electron chi connectivity index (χ4n) is 2.93. The van der Waals surface area contributed by atoms with E-state index in [1.54, 1.807) is 31.4 Å². The molecule has 1 saturated heterocycles. The Bertz CT molecular complexity index is 850. The standard InChI is InChI=1S/C20H21N3O4/c1-27-17-8-3-2-6-15(17)9-10-21-19(25)16-7-4-5-14(11-16)13-23-18(24)12-22-20(23)26/h2-8,11H,9-10,12-13H2,1H3,(H,21,25)(H,22,26). The number of hydrogen-bond donors (Lipinski definition) is 2. The van der Waals surface area contributed by atoms with E-state index in [1.165, 1.54) is 0 Å². The smallest absolute Gasteiger partial charge is 0.324 e. The van der Waals surface area contributed by atoms with Crippen LogP contribution in [-0.4, -0.2) is 42.9 Å². The highest BCUT2D eigenvalue weighted by molar-refractivity contribution is 6.02. The monoisotopic (exact) mass is 367 g/mol. The molecule has 2 aromatic carbocycles. The highest BCUT2D eigenvalue weighted by Crippen LogP contribution is 2.17. The fraction of sp³-hybridized carbons (Fsp3) is 0.250. The molecule has 0 unspecified atom stereocenters. The molecular weight excluding hydrogens is 346 g/mol. The van der Waals surface area contributed by atoms with Crippen LogP contribution in [0.15, 0.2) is 48.5 Å². The second-order valence-electron chi connectivity index (χ2n) is 6.16. The number of methoxy groups -OCH3 is 1. The van der Waals surface area contributed by atoms with Crippen LogP contribution in [-0.2, 0) is 17.8 Å². The van der Waals surface area contributed by atoms with E-state index in [4.69, 9.17) is 4.74 Å². The zero-order chi connectivity index (χ0) is 19.2. The van der Waals surface area contributed by atoms with Crippen molar-refractivity contribution in [3.05, 3.63) is 65.2 Å². The Morgan fingerprint density at radius 1 is 1.19 bits per heavy atom. The number of carbonyl (C=O) groups is 3. The van der Waals surface area contributed by atoms with Crippen LogP contribution >= 0.6 is 0 Å². The van der Waals surface area contributed by atoms with Gasteiger partial charge < -0.3 is 15.4 Å². The van der Waals surface area contributed by atoms with Gasteiger partial charge in [0.2, 0.25) is 5.91 Å². The predicted octanol–water partition coefficient (Wildman–Crippen LogP) is 1.72. The lowest BCUT2D eigenvalue weighted by Crippen LogP contribution is -2.30. The number of amides is 4. The number of rotatable bonds is 7. The molecule has 0 spiro atoms. The highest BCUT2D eigenvalue weighted by Gasteiger charge is 2.28. The zero-order valence-corrected chi connectivity index (χ0v) is 15.0. The maximum atomic E-state index is 12.4. The second kappa shape index (κ2) is 8.35. The van der Waals surface area contributed by atoms with Crippen molar-refractivity contribution in [2.24, 2.45) is 0 Å². The topological polar surface area (TPSA) is 87.7 Å². The van der Waals surface area contributed by atoms with Crippen LogP contribution in [0.3, 0.4) is 0 Å². The van der Waals surface area contributed by atoms with Crippen molar-refractivity contribution < 1.29 is 19.1 Å². The third-order valence-corrected chi connectivity index (χ3v) is 4.34. The molecule has 0 saturated carbocycles. The van der Waals surface area contributed by atoms with E-state index in [0.29, 0.717) is 18.5 Å². The first-order valence-corrected chi connectivity index (χ1v) is 8.65. The summed E-state index contributed by atoms with van der Waals surface area (Å²) in [6.45, 7) is 0.630. The zero-order valence-electron chi connectivity index (χ0n) is 15.0. The van der Waals surface area contributed by atoms with Crippen LogP contribution in [0.4, 0.5) is 4.79 Å². The summed E-state index contributed by atoms with van der Waals surface area (Å²) in [6, 6.07) is 14.2. The Kier molecular flexibility index (Phi) is 5.71. The third kappa shape index (κ3) is 4.44. The number of urea groups is 1. The van der Waals surface area contributed by atoms with Gasteiger partial charge in [0, 0.05) is 12.1 Å². The first-order chi connectivity index (χ1) is 13.1. The lowest BCUT2D eigenvalue weighted by atomic mass is 10.1. The van der Waals surface area contributed by atoms with Crippen LogP contribution < -0.4 is 15.4 Å². The maximum absolute atomic E-state index is 12.4. The summed E-state index contributed by atoms with van der Waals surface area (Å²) in [5.74, 6) is 0.318. The minimum Gasteiger partial charge on any atom is -0.496 e. The highest BCUT2D eigenvalue weighted by atomic mass is 16.5. The van der Waals surface area contributed by atoms with Gasteiger partial charge in [0.1, 0.15) is 5.75 Å². The number of ether oxygens (including phenoxy) is 1.